The molecule has 0 atom stereocenters. The van der Waals surface area contributed by atoms with E-state index in [1.807, 2.05) is 45.0 Å². The molecule has 0 spiro atoms. The highest BCUT2D eigenvalue weighted by Crippen LogP contribution is 2.20. The summed E-state index contributed by atoms with van der Waals surface area (Å²) < 4.78 is 6.87. The van der Waals surface area contributed by atoms with Crippen LogP contribution in [0.2, 0.25) is 0 Å². The third-order valence-corrected chi connectivity index (χ3v) is 3.01. The molecular weight excluding hydrogens is 284 g/mol. The van der Waals surface area contributed by atoms with E-state index in [0.717, 1.165) is 10.9 Å². The lowest BCUT2D eigenvalue weighted by atomic mass is 10.1. The fourth-order valence-corrected chi connectivity index (χ4v) is 2.22. The van der Waals surface area contributed by atoms with Crippen LogP contribution in [-0.4, -0.2) is 32.4 Å². The minimum atomic E-state index is -0.870. The Labute approximate surface area is 128 Å². The van der Waals surface area contributed by atoms with Gasteiger partial charge < -0.3 is 9.84 Å². The molecule has 118 valence electrons. The van der Waals surface area contributed by atoms with Gasteiger partial charge in [0.1, 0.15) is 12.1 Å². The van der Waals surface area contributed by atoms with E-state index in [9.17, 15) is 9.59 Å². The van der Waals surface area contributed by atoms with Crippen LogP contribution in [0.4, 0.5) is 0 Å². The predicted octanol–water partition coefficient (Wildman–Crippen LogP) is 2.40. The maximum atomic E-state index is 12.0. The Hall–Kier alpha value is -2.37. The van der Waals surface area contributed by atoms with Crippen LogP contribution in [0, 0.1) is 0 Å². The number of ether oxygens (including phenoxy) is 1. The maximum Gasteiger partial charge on any atom is 0.328 e. The average Bonchev–Trinajstić information content (AvgIpc) is 2.73. The molecule has 6 heteroatoms. The van der Waals surface area contributed by atoms with Gasteiger partial charge in [-0.3, -0.25) is 14.3 Å². The summed E-state index contributed by atoms with van der Waals surface area (Å²) in [6.45, 7) is 5.43. The molecule has 1 N–H and O–H groups in total. The molecule has 0 bridgehead atoms. The van der Waals surface area contributed by atoms with Gasteiger partial charge >= 0.3 is 11.9 Å². The molecule has 22 heavy (non-hydrogen) atoms. The van der Waals surface area contributed by atoms with Crippen LogP contribution in [0.15, 0.2) is 24.3 Å². The first-order chi connectivity index (χ1) is 10.3. The van der Waals surface area contributed by atoms with Crippen molar-refractivity contribution in [1.29, 1.82) is 0 Å². The zero-order valence-corrected chi connectivity index (χ0v) is 13.0. The number of fused-ring (bicyclic) bond motifs is 1. The van der Waals surface area contributed by atoms with Crippen molar-refractivity contribution >= 4 is 22.8 Å². The Morgan fingerprint density at radius 1 is 1.27 bits per heavy atom. The number of hydrogen-bond acceptors (Lipinski definition) is 4. The van der Waals surface area contributed by atoms with Crippen LogP contribution >= 0.6 is 0 Å². The third kappa shape index (κ3) is 4.07. The molecule has 0 saturated carbocycles. The number of para-hydroxylation sites is 1. The van der Waals surface area contributed by atoms with Crippen molar-refractivity contribution in [2.75, 3.05) is 0 Å². The monoisotopic (exact) mass is 304 g/mol. The highest BCUT2D eigenvalue weighted by Gasteiger charge is 2.19. The molecule has 0 aliphatic heterocycles. The second kappa shape index (κ2) is 6.17. The number of carboxylic acid groups (broad SMARTS) is 1. The summed E-state index contributed by atoms with van der Waals surface area (Å²) in [5, 5.41) is 14.1. The molecule has 0 saturated heterocycles. The molecule has 0 aliphatic rings. The number of aromatic nitrogens is 2. The molecule has 6 nitrogen and oxygen atoms in total. The topological polar surface area (TPSA) is 81.4 Å². The second-order valence-electron chi connectivity index (χ2n) is 6.10. The lowest BCUT2D eigenvalue weighted by molar-refractivity contribution is -0.155. The number of esters is 1. The van der Waals surface area contributed by atoms with Crippen molar-refractivity contribution in [3.8, 4) is 0 Å². The first-order valence-corrected chi connectivity index (χ1v) is 7.14. The van der Waals surface area contributed by atoms with E-state index in [2.05, 4.69) is 5.10 Å². The summed E-state index contributed by atoms with van der Waals surface area (Å²) >= 11 is 0. The first-order valence-electron chi connectivity index (χ1n) is 7.14. The van der Waals surface area contributed by atoms with Gasteiger partial charge in [-0.05, 0) is 26.8 Å². The van der Waals surface area contributed by atoms with Crippen molar-refractivity contribution in [2.24, 2.45) is 0 Å². The molecule has 0 radical (unpaired) electrons. The third-order valence-electron chi connectivity index (χ3n) is 3.01. The summed E-state index contributed by atoms with van der Waals surface area (Å²) in [6.07, 6.45) is 0.338. The Morgan fingerprint density at radius 2 is 1.95 bits per heavy atom. The number of benzene rings is 1. The van der Waals surface area contributed by atoms with Gasteiger partial charge in [0.25, 0.3) is 0 Å². The fraction of sp³-hybridized carbons (Fsp3) is 0.438. The lowest BCUT2D eigenvalue weighted by Crippen LogP contribution is -2.26. The molecule has 0 amide bonds. The molecule has 0 aliphatic carbocycles. The summed E-state index contributed by atoms with van der Waals surface area (Å²) in [4.78, 5) is 22.7. The summed E-state index contributed by atoms with van der Waals surface area (Å²) in [5.41, 5.74) is 0.932. The van der Waals surface area contributed by atoms with Gasteiger partial charge in [0.2, 0.25) is 0 Å². The summed E-state index contributed by atoms with van der Waals surface area (Å²) in [7, 11) is 0. The minimum Gasteiger partial charge on any atom is -0.481 e. The van der Waals surface area contributed by atoms with Crippen molar-refractivity contribution in [2.45, 2.75) is 45.8 Å². The number of aryl methyl sites for hydroxylation is 1. The van der Waals surface area contributed by atoms with Crippen molar-refractivity contribution < 1.29 is 19.4 Å². The van der Waals surface area contributed by atoms with Gasteiger partial charge in [0.05, 0.1) is 17.6 Å². The summed E-state index contributed by atoms with van der Waals surface area (Å²) in [6, 6.07) is 7.46. The Morgan fingerprint density at radius 3 is 2.59 bits per heavy atom. The number of carbonyl (C=O) groups is 2. The SMILES string of the molecule is CC(C)(C)OC(=O)Cn1nc(CCC(=O)O)c2ccccc21. The average molecular weight is 304 g/mol. The van der Waals surface area contributed by atoms with Crippen molar-refractivity contribution in [3.63, 3.8) is 0 Å². The predicted molar refractivity (Wildman–Crippen MR) is 81.5 cm³/mol. The highest BCUT2D eigenvalue weighted by molar-refractivity contribution is 5.84. The smallest absolute Gasteiger partial charge is 0.328 e. The van der Waals surface area contributed by atoms with Gasteiger partial charge in [-0.2, -0.15) is 5.10 Å². The molecule has 0 unspecified atom stereocenters. The molecule has 2 aromatic rings. The van der Waals surface area contributed by atoms with E-state index in [1.54, 1.807) is 4.68 Å². The highest BCUT2D eigenvalue weighted by atomic mass is 16.6. The van der Waals surface area contributed by atoms with Gasteiger partial charge in [0, 0.05) is 11.8 Å². The zero-order valence-electron chi connectivity index (χ0n) is 13.0. The van der Waals surface area contributed by atoms with E-state index in [1.165, 1.54) is 0 Å². The maximum absolute atomic E-state index is 12.0. The van der Waals surface area contributed by atoms with Crippen molar-refractivity contribution in [1.82, 2.24) is 9.78 Å². The van der Waals surface area contributed by atoms with Gasteiger partial charge in [-0.25, -0.2) is 0 Å². The molecule has 1 aromatic carbocycles. The van der Waals surface area contributed by atoms with Gasteiger partial charge in [0.15, 0.2) is 0 Å². The van der Waals surface area contributed by atoms with Crippen LogP contribution in [0.5, 0.6) is 0 Å². The molecule has 0 fully saturated rings. The molecular formula is C16H20N2O4. The second-order valence-corrected chi connectivity index (χ2v) is 6.10. The molecule has 2 rings (SSSR count). The minimum absolute atomic E-state index is 0.00482. The fourth-order valence-electron chi connectivity index (χ4n) is 2.22. The zero-order chi connectivity index (χ0) is 16.3. The Balaban J connectivity index is 2.26. The summed E-state index contributed by atoms with van der Waals surface area (Å²) in [5.74, 6) is -1.24. The first kappa shape index (κ1) is 16.0. The Kier molecular flexibility index (Phi) is 4.49. The van der Waals surface area contributed by atoms with Crippen LogP contribution in [0.1, 0.15) is 32.9 Å². The number of nitrogens with zero attached hydrogens (tertiary/aromatic N) is 2. The normalized spacial score (nSPS) is 11.6. The van der Waals surface area contributed by atoms with E-state index in [4.69, 9.17) is 9.84 Å². The van der Waals surface area contributed by atoms with E-state index < -0.39 is 11.6 Å². The Bertz CT molecular complexity index is 698. The standard InChI is InChI=1S/C16H20N2O4/c1-16(2,3)22-15(21)10-18-13-7-5-4-6-11(13)12(17-18)8-9-14(19)20/h4-7H,8-10H2,1-3H3,(H,19,20). The number of carboxylic acids is 1. The van der Waals surface area contributed by atoms with Crippen LogP contribution in [0.3, 0.4) is 0 Å². The quantitative estimate of drug-likeness (QED) is 0.858. The van der Waals surface area contributed by atoms with Gasteiger partial charge in [-0.1, -0.05) is 18.2 Å². The van der Waals surface area contributed by atoms with Crippen LogP contribution in [-0.2, 0) is 27.3 Å². The van der Waals surface area contributed by atoms with E-state index in [0.29, 0.717) is 12.1 Å². The molecule has 1 aromatic heterocycles. The number of carbonyl (C=O) groups excluding carboxylic acids is 1. The lowest BCUT2D eigenvalue weighted by Gasteiger charge is -2.19. The van der Waals surface area contributed by atoms with E-state index in [-0.39, 0.29) is 18.9 Å². The molecule has 1 heterocycles. The largest absolute Gasteiger partial charge is 0.481 e. The van der Waals surface area contributed by atoms with Crippen LogP contribution < -0.4 is 0 Å². The van der Waals surface area contributed by atoms with Gasteiger partial charge in [-0.15, -0.1) is 0 Å². The van der Waals surface area contributed by atoms with E-state index >= 15 is 0 Å². The number of hydrogen-bond donors (Lipinski definition) is 1. The van der Waals surface area contributed by atoms with Crippen molar-refractivity contribution in [3.05, 3.63) is 30.0 Å². The number of aliphatic carboxylic acids is 1. The van der Waals surface area contributed by atoms with Crippen LogP contribution in [0.25, 0.3) is 10.9 Å². The number of rotatable bonds is 5.